The minimum atomic E-state index is -0.300. The minimum Gasteiger partial charge on any atom is -0.465 e. The molecule has 1 unspecified atom stereocenters. The molecule has 0 radical (unpaired) electrons. The summed E-state index contributed by atoms with van der Waals surface area (Å²) < 4.78 is 10.9. The molecule has 0 aromatic carbocycles. The van der Waals surface area contributed by atoms with Gasteiger partial charge in [-0.1, -0.05) is 73.1 Å². The molecule has 0 aliphatic rings. The van der Waals surface area contributed by atoms with Crippen LogP contribution in [-0.4, -0.2) is 25.2 Å². The number of esters is 2. The first-order valence-corrected chi connectivity index (χ1v) is 10.6. The molecule has 0 rings (SSSR count). The van der Waals surface area contributed by atoms with Crippen molar-refractivity contribution in [2.24, 2.45) is 11.3 Å². The van der Waals surface area contributed by atoms with Crippen LogP contribution in [0.15, 0.2) is 0 Å². The Hall–Kier alpha value is -1.06. The maximum atomic E-state index is 11.9. The zero-order valence-electron chi connectivity index (χ0n) is 17.9. The molecule has 0 heterocycles. The Morgan fingerprint density at radius 3 is 1.77 bits per heavy atom. The van der Waals surface area contributed by atoms with Crippen LogP contribution in [0.1, 0.15) is 105 Å². The smallest absolute Gasteiger partial charge is 0.305 e. The molecule has 4 heteroatoms. The molecule has 154 valence electrons. The molecule has 0 amide bonds. The lowest BCUT2D eigenvalue weighted by Gasteiger charge is -2.27. The molecule has 0 spiro atoms. The van der Waals surface area contributed by atoms with Crippen molar-refractivity contribution in [3.8, 4) is 0 Å². The van der Waals surface area contributed by atoms with E-state index in [0.29, 0.717) is 32.0 Å². The summed E-state index contributed by atoms with van der Waals surface area (Å²) in [6.07, 6.45) is 10.5. The number of carbonyl (C=O) groups is 2. The Labute approximate surface area is 161 Å². The topological polar surface area (TPSA) is 52.6 Å². The van der Waals surface area contributed by atoms with Crippen molar-refractivity contribution in [2.45, 2.75) is 105 Å². The molecule has 1 atom stereocenters. The van der Waals surface area contributed by atoms with Gasteiger partial charge in [-0.2, -0.15) is 0 Å². The molecule has 0 N–H and O–H groups in total. The minimum absolute atomic E-state index is 0.138. The first kappa shape index (κ1) is 24.9. The van der Waals surface area contributed by atoms with E-state index in [-0.39, 0.29) is 17.4 Å². The van der Waals surface area contributed by atoms with E-state index in [2.05, 4.69) is 20.8 Å². The average Bonchev–Trinajstić information content (AvgIpc) is 2.61. The number of rotatable bonds is 16. The van der Waals surface area contributed by atoms with E-state index in [9.17, 15) is 9.59 Å². The number of hydrogen-bond acceptors (Lipinski definition) is 4. The van der Waals surface area contributed by atoms with E-state index >= 15 is 0 Å². The van der Waals surface area contributed by atoms with Crippen molar-refractivity contribution in [3.63, 3.8) is 0 Å². The van der Waals surface area contributed by atoms with Gasteiger partial charge in [0, 0.05) is 18.3 Å². The van der Waals surface area contributed by atoms with Crippen LogP contribution in [0.3, 0.4) is 0 Å². The molecule has 0 aromatic heterocycles. The van der Waals surface area contributed by atoms with Crippen LogP contribution in [0.25, 0.3) is 0 Å². The molecule has 0 saturated carbocycles. The highest BCUT2D eigenvalue weighted by atomic mass is 16.5. The highest BCUT2D eigenvalue weighted by molar-refractivity contribution is 5.69. The van der Waals surface area contributed by atoms with Gasteiger partial charge in [0.1, 0.15) is 0 Å². The van der Waals surface area contributed by atoms with Gasteiger partial charge < -0.3 is 9.47 Å². The van der Waals surface area contributed by atoms with Crippen LogP contribution in [-0.2, 0) is 19.1 Å². The van der Waals surface area contributed by atoms with Gasteiger partial charge in [0.15, 0.2) is 0 Å². The van der Waals surface area contributed by atoms with Crippen LogP contribution in [0.2, 0.25) is 0 Å². The normalized spacial score (nSPS) is 13.5. The van der Waals surface area contributed by atoms with Crippen molar-refractivity contribution in [2.75, 3.05) is 13.2 Å². The Balaban J connectivity index is 3.96. The summed E-state index contributed by atoms with van der Waals surface area (Å²) in [5, 5.41) is 0. The second-order valence-corrected chi connectivity index (χ2v) is 8.29. The SMILES string of the molecule is CCCCCCCC(=O)OCC(C)(CC)COC(=O)CCCCC(C)C. The van der Waals surface area contributed by atoms with Gasteiger partial charge in [-0.05, 0) is 25.2 Å². The second-order valence-electron chi connectivity index (χ2n) is 8.29. The first-order valence-electron chi connectivity index (χ1n) is 10.6. The van der Waals surface area contributed by atoms with Gasteiger partial charge in [-0.3, -0.25) is 9.59 Å². The Morgan fingerprint density at radius 2 is 1.31 bits per heavy atom. The van der Waals surface area contributed by atoms with Crippen molar-refractivity contribution >= 4 is 11.9 Å². The largest absolute Gasteiger partial charge is 0.465 e. The molecule has 0 bridgehead atoms. The van der Waals surface area contributed by atoms with Gasteiger partial charge in [-0.25, -0.2) is 0 Å². The lowest BCUT2D eigenvalue weighted by atomic mass is 9.90. The highest BCUT2D eigenvalue weighted by Crippen LogP contribution is 2.23. The zero-order chi connectivity index (χ0) is 19.8. The van der Waals surface area contributed by atoms with Gasteiger partial charge >= 0.3 is 11.9 Å². The fourth-order valence-electron chi connectivity index (χ4n) is 2.59. The lowest BCUT2D eigenvalue weighted by Crippen LogP contribution is -2.31. The average molecular weight is 371 g/mol. The third kappa shape index (κ3) is 14.1. The molecule has 26 heavy (non-hydrogen) atoms. The van der Waals surface area contributed by atoms with Gasteiger partial charge in [-0.15, -0.1) is 0 Å². The molecule has 0 aromatic rings. The van der Waals surface area contributed by atoms with E-state index in [4.69, 9.17) is 9.47 Å². The highest BCUT2D eigenvalue weighted by Gasteiger charge is 2.26. The molecule has 4 nitrogen and oxygen atoms in total. The molecular weight excluding hydrogens is 328 g/mol. The maximum absolute atomic E-state index is 11.9. The molecule has 0 aliphatic heterocycles. The van der Waals surface area contributed by atoms with Crippen LogP contribution in [0, 0.1) is 11.3 Å². The van der Waals surface area contributed by atoms with E-state index in [1.54, 1.807) is 0 Å². The predicted octanol–water partition coefficient (Wildman–Crippen LogP) is 6.07. The number of ether oxygens (including phenoxy) is 2. The fraction of sp³-hybridized carbons (Fsp3) is 0.909. The van der Waals surface area contributed by atoms with Gasteiger partial charge in [0.25, 0.3) is 0 Å². The lowest BCUT2D eigenvalue weighted by molar-refractivity contribution is -0.153. The van der Waals surface area contributed by atoms with Crippen molar-refractivity contribution in [3.05, 3.63) is 0 Å². The van der Waals surface area contributed by atoms with Crippen molar-refractivity contribution in [1.82, 2.24) is 0 Å². The van der Waals surface area contributed by atoms with Crippen molar-refractivity contribution in [1.29, 1.82) is 0 Å². The molecule has 0 aliphatic carbocycles. The van der Waals surface area contributed by atoms with E-state index < -0.39 is 0 Å². The monoisotopic (exact) mass is 370 g/mol. The zero-order valence-corrected chi connectivity index (χ0v) is 17.9. The summed E-state index contributed by atoms with van der Waals surface area (Å²) in [6, 6.07) is 0. The van der Waals surface area contributed by atoms with Crippen LogP contribution in [0.4, 0.5) is 0 Å². The Morgan fingerprint density at radius 1 is 0.808 bits per heavy atom. The summed E-state index contributed by atoms with van der Waals surface area (Å²) in [6.45, 7) is 11.2. The summed E-state index contributed by atoms with van der Waals surface area (Å²) in [5.74, 6) is 0.396. The summed E-state index contributed by atoms with van der Waals surface area (Å²) in [5.41, 5.74) is -0.300. The maximum Gasteiger partial charge on any atom is 0.305 e. The summed E-state index contributed by atoms with van der Waals surface area (Å²) >= 11 is 0. The van der Waals surface area contributed by atoms with E-state index in [1.165, 1.54) is 19.3 Å². The quantitative estimate of drug-likeness (QED) is 0.244. The van der Waals surface area contributed by atoms with Crippen LogP contribution >= 0.6 is 0 Å². The summed E-state index contributed by atoms with van der Waals surface area (Å²) in [4.78, 5) is 23.8. The third-order valence-corrected chi connectivity index (χ3v) is 4.91. The van der Waals surface area contributed by atoms with Crippen LogP contribution < -0.4 is 0 Å². The summed E-state index contributed by atoms with van der Waals surface area (Å²) in [7, 11) is 0. The van der Waals surface area contributed by atoms with Crippen LogP contribution in [0.5, 0.6) is 0 Å². The standard InChI is InChI=1S/C22H42O4/c1-6-8-9-10-11-15-20(23)25-17-22(5,7-2)18-26-21(24)16-13-12-14-19(3)4/h19H,6-18H2,1-5H3. The van der Waals surface area contributed by atoms with Crippen molar-refractivity contribution < 1.29 is 19.1 Å². The molecule has 0 saturated heterocycles. The predicted molar refractivity (Wildman–Crippen MR) is 107 cm³/mol. The number of hydrogen-bond donors (Lipinski definition) is 0. The Bertz CT molecular complexity index is 378. The first-order chi connectivity index (χ1) is 12.3. The fourth-order valence-corrected chi connectivity index (χ4v) is 2.59. The van der Waals surface area contributed by atoms with Gasteiger partial charge in [0.05, 0.1) is 13.2 Å². The molecule has 0 fully saturated rings. The second kappa shape index (κ2) is 15.0. The number of carbonyl (C=O) groups excluding carboxylic acids is 2. The number of unbranched alkanes of at least 4 members (excludes halogenated alkanes) is 5. The van der Waals surface area contributed by atoms with Gasteiger partial charge in [0.2, 0.25) is 0 Å². The van der Waals surface area contributed by atoms with E-state index in [1.807, 2.05) is 13.8 Å². The van der Waals surface area contributed by atoms with E-state index in [0.717, 1.165) is 38.5 Å². The Kier molecular flexibility index (Phi) is 14.4. The molecular formula is C22H42O4. The third-order valence-electron chi connectivity index (χ3n) is 4.91.